The van der Waals surface area contributed by atoms with E-state index in [0.29, 0.717) is 42.3 Å². The molecule has 6 saturated heterocycles. The Hall–Kier alpha value is -6.77. The van der Waals surface area contributed by atoms with Gasteiger partial charge < -0.3 is 44.8 Å². The van der Waals surface area contributed by atoms with Crippen molar-refractivity contribution in [2.45, 2.75) is 133 Å². The van der Waals surface area contributed by atoms with Gasteiger partial charge in [0.2, 0.25) is 11.8 Å². The number of carbonyl (C=O) groups is 2. The first-order valence-corrected chi connectivity index (χ1v) is 30.7. The number of aryl methyl sites for hydroxylation is 1. The Kier molecular flexibility index (Phi) is 13.7. The number of β-amino-alcohol motifs (C(OH)–C–C–N with tert-alkyl or cyclic N) is 1. The first-order valence-electron chi connectivity index (χ1n) is 29.9. The smallest absolute Gasteiger partial charge is 0.319 e. The highest BCUT2D eigenvalue weighted by Gasteiger charge is 2.51. The van der Waals surface area contributed by atoms with E-state index in [1.54, 1.807) is 16.2 Å². The van der Waals surface area contributed by atoms with Crippen molar-refractivity contribution in [1.29, 1.82) is 0 Å². The number of aromatic hydroxyl groups is 1. The molecule has 6 fully saturated rings. The van der Waals surface area contributed by atoms with Crippen LogP contribution in [0.4, 0.5) is 11.6 Å². The van der Waals surface area contributed by atoms with Gasteiger partial charge in [-0.3, -0.25) is 24.4 Å². The number of hydrogen-bond acceptors (Lipinski definition) is 17. The Morgan fingerprint density at radius 2 is 1.74 bits per heavy atom. The largest absolute Gasteiger partial charge is 0.508 e. The molecule has 7 aliphatic rings. The van der Waals surface area contributed by atoms with Gasteiger partial charge in [-0.05, 0) is 104 Å². The maximum atomic E-state index is 14.6. The molecule has 0 spiro atoms. The van der Waals surface area contributed by atoms with E-state index in [1.807, 2.05) is 81.9 Å². The number of benzene rings is 3. The second kappa shape index (κ2) is 21.1. The Morgan fingerprint density at radius 1 is 0.939 bits per heavy atom. The predicted octanol–water partition coefficient (Wildman–Crippen LogP) is 8.15. The average Bonchev–Trinajstić information content (AvgIpc) is 3.16. The highest BCUT2D eigenvalue weighted by atomic mass is 32.1. The van der Waals surface area contributed by atoms with E-state index >= 15 is 0 Å². The summed E-state index contributed by atoms with van der Waals surface area (Å²) in [6, 6.07) is 20.6. The second-order valence-corrected chi connectivity index (χ2v) is 25.8. The fourth-order valence-corrected chi connectivity index (χ4v) is 16.1. The summed E-state index contributed by atoms with van der Waals surface area (Å²) in [6.45, 7) is 17.8. The second-order valence-electron chi connectivity index (χ2n) is 24.9. The van der Waals surface area contributed by atoms with E-state index in [4.69, 9.17) is 24.2 Å². The number of ether oxygens (including phenoxy) is 1. The lowest BCUT2D eigenvalue weighted by Gasteiger charge is -2.39. The summed E-state index contributed by atoms with van der Waals surface area (Å²) in [4.78, 5) is 61.3. The minimum Gasteiger partial charge on any atom is -0.508 e. The number of nitrogens with zero attached hydrogens (tertiary/aromatic N) is 10. The number of amides is 2. The molecule has 82 heavy (non-hydrogen) atoms. The van der Waals surface area contributed by atoms with Crippen molar-refractivity contribution in [3.05, 3.63) is 101 Å². The number of rotatable bonds is 14. The molecule has 3 aromatic carbocycles. The number of likely N-dealkylation sites (tertiary alicyclic amines) is 1. The molecule has 9 atom stereocenters. The Balaban J connectivity index is 0.629. The van der Waals surface area contributed by atoms with Crippen molar-refractivity contribution in [2.24, 2.45) is 5.92 Å². The van der Waals surface area contributed by atoms with Crippen LogP contribution in [-0.2, 0) is 9.59 Å². The highest BCUT2D eigenvalue weighted by Crippen LogP contribution is 2.49. The zero-order valence-electron chi connectivity index (χ0n) is 47.6. The van der Waals surface area contributed by atoms with E-state index in [-0.39, 0.29) is 53.9 Å². The number of piperazine rings is 2. The van der Waals surface area contributed by atoms with Crippen LogP contribution in [-0.4, -0.2) is 163 Å². The standard InChI is InChI=1S/C63H74N12O6S/c1-35(2)53(61(79)74-32-46(77)26-50(74)60(78)66-37(4)39-10-12-40(13-11-39)58-38(5)65-34-82-58)51-27-52(70-81-51)72-22-20-71(21-23-72)31-44-16-18-63(17-7-19-75(44)63)33-80-62-68-57-49(59(69-62)73-29-42-14-15-43(30-73)67-42)28-64-56-48-25-45(76)24-41-8-6-9-47(55(41)48)36(3)54(56)57/h6,8-13,24-25,27-28,34-37,42-44,46,50,53,67,76-77H,7,14-23,26,29-33H2,1-5H3,(H,66,78)/t36?,37-,42?,43?,44-,46+,50-,53+,63-/m0/s1. The molecule has 19 heteroatoms. The summed E-state index contributed by atoms with van der Waals surface area (Å²) in [5.74, 6) is 0.954. The third-order valence-corrected chi connectivity index (χ3v) is 20.4. The highest BCUT2D eigenvalue weighted by molar-refractivity contribution is 7.13. The number of hydrogen-bond donors (Lipinski definition) is 4. The van der Waals surface area contributed by atoms with Crippen molar-refractivity contribution in [3.8, 4) is 33.5 Å². The van der Waals surface area contributed by atoms with E-state index < -0.39 is 18.1 Å². The molecule has 428 valence electrons. The van der Waals surface area contributed by atoms with Gasteiger partial charge in [0.1, 0.15) is 30.1 Å². The maximum Gasteiger partial charge on any atom is 0.319 e. The topological polar surface area (TPSA) is 202 Å². The molecule has 6 aliphatic heterocycles. The van der Waals surface area contributed by atoms with Gasteiger partial charge in [0.05, 0.1) is 50.4 Å². The van der Waals surface area contributed by atoms with E-state index in [1.165, 1.54) is 5.56 Å². The number of pyridine rings is 1. The predicted molar refractivity (Wildman–Crippen MR) is 317 cm³/mol. The number of thiazole rings is 1. The third kappa shape index (κ3) is 9.43. The molecule has 2 amide bonds. The van der Waals surface area contributed by atoms with Crippen molar-refractivity contribution >= 4 is 56.5 Å². The lowest BCUT2D eigenvalue weighted by Crippen LogP contribution is -2.53. The van der Waals surface area contributed by atoms with Crippen molar-refractivity contribution < 1.29 is 29.1 Å². The molecule has 10 heterocycles. The summed E-state index contributed by atoms with van der Waals surface area (Å²) >= 11 is 1.60. The van der Waals surface area contributed by atoms with Crippen LogP contribution in [0.15, 0.2) is 76.9 Å². The molecule has 14 rings (SSSR count). The molecule has 18 nitrogen and oxygen atoms in total. The number of aromatic nitrogens is 5. The van der Waals surface area contributed by atoms with Crippen LogP contribution in [0.5, 0.6) is 11.8 Å². The molecular formula is C63H74N12O6S. The van der Waals surface area contributed by atoms with Crippen LogP contribution in [0, 0.1) is 12.8 Å². The number of aliphatic hydroxyl groups is 1. The molecule has 4 aromatic heterocycles. The van der Waals surface area contributed by atoms with Gasteiger partial charge in [0.25, 0.3) is 0 Å². The van der Waals surface area contributed by atoms with Crippen LogP contribution >= 0.6 is 11.3 Å². The maximum absolute atomic E-state index is 14.6. The summed E-state index contributed by atoms with van der Waals surface area (Å²) in [7, 11) is 0. The lowest BCUT2D eigenvalue weighted by molar-refractivity contribution is -0.141. The van der Waals surface area contributed by atoms with Gasteiger partial charge in [0, 0.05) is 106 Å². The van der Waals surface area contributed by atoms with Gasteiger partial charge >= 0.3 is 6.01 Å². The van der Waals surface area contributed by atoms with Crippen LogP contribution in [0.2, 0.25) is 0 Å². The Bertz CT molecular complexity index is 3570. The first-order chi connectivity index (χ1) is 39.7. The molecule has 2 bridgehead atoms. The minimum absolute atomic E-state index is 0.0159. The summed E-state index contributed by atoms with van der Waals surface area (Å²) < 4.78 is 13.0. The van der Waals surface area contributed by atoms with E-state index in [2.05, 4.69) is 65.5 Å². The summed E-state index contributed by atoms with van der Waals surface area (Å²) in [6.07, 6.45) is 7.98. The molecule has 7 aromatic rings. The number of aliphatic hydroxyl groups excluding tert-OH is 1. The van der Waals surface area contributed by atoms with E-state index in [0.717, 1.165) is 157 Å². The number of phenols is 1. The van der Waals surface area contributed by atoms with Crippen molar-refractivity contribution in [1.82, 2.24) is 50.4 Å². The number of fused-ring (bicyclic) bond motifs is 7. The summed E-state index contributed by atoms with van der Waals surface area (Å²) in [5, 5.41) is 36.3. The molecule has 3 unspecified atom stereocenters. The van der Waals surface area contributed by atoms with Crippen LogP contribution in [0.1, 0.15) is 119 Å². The quantitative estimate of drug-likeness (QED) is 0.0812. The molecule has 0 radical (unpaired) electrons. The monoisotopic (exact) mass is 1130 g/mol. The number of carbonyl (C=O) groups excluding carboxylic acids is 2. The Morgan fingerprint density at radius 3 is 2.51 bits per heavy atom. The van der Waals surface area contributed by atoms with Crippen LogP contribution < -0.4 is 25.2 Å². The molecule has 1 aliphatic carbocycles. The summed E-state index contributed by atoms with van der Waals surface area (Å²) in [5.41, 5.74) is 9.68. The van der Waals surface area contributed by atoms with Gasteiger partial charge in [-0.25, -0.2) is 4.98 Å². The number of phenolic OH excluding ortho intramolecular Hbond substituents is 1. The van der Waals surface area contributed by atoms with Gasteiger partial charge in [-0.15, -0.1) is 11.3 Å². The van der Waals surface area contributed by atoms with Gasteiger partial charge in [-0.1, -0.05) is 68.4 Å². The van der Waals surface area contributed by atoms with Crippen LogP contribution in [0.25, 0.3) is 43.4 Å². The fraction of sp³-hybridized carbons (Fsp3) is 0.508. The first kappa shape index (κ1) is 53.2. The average molecular weight is 1130 g/mol. The SMILES string of the molecule is Cc1ncsc1-c1ccc([C@H](C)NC(=O)[C@@H]2C[C@@H](O)CN2C(=O)[C@@H](c2cc(N3CCN(C[C@@H]4CC[C@]5(COc6nc(N7CC8CCC(C7)N8)c7cnc8c(c7n6)C(C)c6cccc7cc(O)cc-8c67)CCCN45)CC3)no2)C(C)C)cc1. The lowest BCUT2D eigenvalue weighted by atomic mass is 9.79. The fourth-order valence-electron chi connectivity index (χ4n) is 15.3. The molecule has 4 N–H and O–H groups in total. The minimum atomic E-state index is -0.815. The van der Waals surface area contributed by atoms with E-state index in [9.17, 15) is 19.8 Å². The Labute approximate surface area is 482 Å². The van der Waals surface area contributed by atoms with Gasteiger partial charge in [0.15, 0.2) is 11.6 Å². The molecular weight excluding hydrogens is 1050 g/mol. The normalized spacial score (nSPS) is 26.0. The van der Waals surface area contributed by atoms with Crippen molar-refractivity contribution in [3.63, 3.8) is 0 Å². The van der Waals surface area contributed by atoms with Crippen LogP contribution in [0.3, 0.4) is 0 Å². The van der Waals surface area contributed by atoms with Crippen molar-refractivity contribution in [2.75, 3.05) is 75.3 Å². The zero-order valence-corrected chi connectivity index (χ0v) is 48.4. The molecule has 0 saturated carbocycles. The number of anilines is 2. The zero-order chi connectivity index (χ0) is 56.1. The van der Waals surface area contributed by atoms with Gasteiger partial charge in [-0.2, -0.15) is 9.97 Å². The third-order valence-electron chi connectivity index (χ3n) is 19.5. The number of nitrogens with one attached hydrogen (secondary N) is 2.